The maximum atomic E-state index is 15.5. The van der Waals surface area contributed by atoms with Gasteiger partial charge in [0.15, 0.2) is 0 Å². The maximum absolute atomic E-state index is 15.5. The van der Waals surface area contributed by atoms with Crippen LogP contribution in [0, 0.1) is 17.8 Å². The SMILES string of the molecule is C=CCO[C@@]12Oc3ccc(Oc4ccc(SC)cc4)cc3[C@H]3[C@H](CCCCO)[C@@H](CCCCO)C=C(C(=NOCc4ccccc4)C[C@@H]1N(Cc1cccc4ccccc14)C(=O)OCCCCCCCCCCCC)[C@H]32. The third-order valence-corrected chi connectivity index (χ3v) is 16.5. The maximum Gasteiger partial charge on any atom is 0.410 e. The molecule has 0 aromatic heterocycles. The molecule has 2 N–H and O–H groups in total. The van der Waals surface area contributed by atoms with Gasteiger partial charge in [0.05, 0.1) is 31.4 Å². The Hall–Kier alpha value is -5.59. The molecule has 0 radical (unpaired) electrons. The number of rotatable bonds is 31. The van der Waals surface area contributed by atoms with Gasteiger partial charge >= 0.3 is 6.09 Å². The van der Waals surface area contributed by atoms with Crippen LogP contribution < -0.4 is 9.47 Å². The lowest BCUT2D eigenvalue weighted by atomic mass is 9.55. The number of hydrogen-bond donors (Lipinski definition) is 2. The van der Waals surface area contributed by atoms with Gasteiger partial charge in [0, 0.05) is 36.0 Å². The number of nitrogens with zero attached hydrogens (tertiary/aromatic N) is 2. The monoisotopic (exact) mass is 1050 g/mol. The number of oxime groups is 1. The molecule has 2 aliphatic carbocycles. The molecule has 76 heavy (non-hydrogen) atoms. The molecule has 0 unspecified atom stereocenters. The number of carbonyl (C=O) groups is 1. The lowest BCUT2D eigenvalue weighted by Crippen LogP contribution is -2.70. The van der Waals surface area contributed by atoms with Crippen LogP contribution in [-0.4, -0.2) is 71.4 Å². The Morgan fingerprint density at radius 1 is 0.803 bits per heavy atom. The van der Waals surface area contributed by atoms with Gasteiger partial charge in [0.1, 0.15) is 29.9 Å². The zero-order chi connectivity index (χ0) is 53.0. The highest BCUT2D eigenvalue weighted by atomic mass is 32.2. The molecule has 0 spiro atoms. The molecule has 5 aromatic rings. The second-order valence-electron chi connectivity index (χ2n) is 20.9. The number of aliphatic hydroxyl groups is 2. The second-order valence-corrected chi connectivity index (χ2v) is 21.8. The van der Waals surface area contributed by atoms with Gasteiger partial charge < -0.3 is 34.0 Å². The highest BCUT2D eigenvalue weighted by molar-refractivity contribution is 7.98. The van der Waals surface area contributed by atoms with Crippen LogP contribution in [0.15, 0.2) is 150 Å². The predicted octanol–water partition coefficient (Wildman–Crippen LogP) is 15.7. The number of ether oxygens (including phenoxy) is 4. The minimum Gasteiger partial charge on any atom is -0.459 e. The van der Waals surface area contributed by atoms with Crippen LogP contribution in [0.2, 0.25) is 0 Å². The van der Waals surface area contributed by atoms with Crippen molar-refractivity contribution in [3.63, 3.8) is 0 Å². The van der Waals surface area contributed by atoms with Crippen molar-refractivity contribution in [3.8, 4) is 17.2 Å². The molecule has 3 aliphatic rings. The molecule has 406 valence electrons. The van der Waals surface area contributed by atoms with Gasteiger partial charge in [-0.05, 0) is 120 Å². The Balaban J connectivity index is 1.25. The minimum absolute atomic E-state index is 0.0458. The zero-order valence-corrected chi connectivity index (χ0v) is 45.9. The fourth-order valence-electron chi connectivity index (χ4n) is 12.0. The molecular formula is C65H82N2O8S. The number of amides is 1. The van der Waals surface area contributed by atoms with Crippen molar-refractivity contribution in [3.05, 3.63) is 156 Å². The first-order valence-electron chi connectivity index (χ1n) is 28.4. The van der Waals surface area contributed by atoms with Gasteiger partial charge in [-0.2, -0.15) is 0 Å². The van der Waals surface area contributed by atoms with E-state index in [2.05, 4.69) is 74.4 Å². The number of thioether (sulfide) groups is 1. The third-order valence-electron chi connectivity index (χ3n) is 15.7. The van der Waals surface area contributed by atoms with Gasteiger partial charge in [-0.25, -0.2) is 4.79 Å². The first kappa shape index (κ1) is 56.6. The fraction of sp³-hybridized carbons (Fsp3) is 0.477. The quantitative estimate of drug-likeness (QED) is 0.0194. The Morgan fingerprint density at radius 2 is 1.50 bits per heavy atom. The van der Waals surface area contributed by atoms with E-state index in [4.69, 9.17) is 28.9 Å². The molecule has 5 aromatic carbocycles. The normalized spacial score (nSPS) is 21.0. The summed E-state index contributed by atoms with van der Waals surface area (Å²) in [5.41, 5.74) is 4.65. The van der Waals surface area contributed by atoms with E-state index in [1.165, 1.54) is 44.9 Å². The van der Waals surface area contributed by atoms with Gasteiger partial charge in [0.2, 0.25) is 5.79 Å². The number of hydrogen-bond acceptors (Lipinski definition) is 10. The van der Waals surface area contributed by atoms with Gasteiger partial charge in [-0.3, -0.25) is 4.90 Å². The standard InChI is InChI=1S/C65H82N2O8S/c1-4-6-7-8-9-10-11-12-13-23-42-71-64(70)67(46-51-30-24-29-49-27-17-18-31-55(49)51)61-45-59(66-73-47-48-25-15-14-16-26-48)57-43-50(28-19-21-39-68)56(32-20-22-40-69)62-58-44-53(74-52-33-36-54(76-3)37-34-52)35-38-60(58)75-65(61,63(57)62)72-41-5-2/h5,14-18,24-27,29-31,33-38,43-44,50,56,61-63,68-69H,2,4,6-13,19-23,28,32,39-42,45-47H2,1,3H3/t50-,56+,61-,62+,63+,65+/m0/s1. The highest BCUT2D eigenvalue weighted by Gasteiger charge is 2.66. The summed E-state index contributed by atoms with van der Waals surface area (Å²) in [4.78, 5) is 24.9. The summed E-state index contributed by atoms with van der Waals surface area (Å²) in [6.45, 7) is 7.54. The largest absolute Gasteiger partial charge is 0.459 e. The van der Waals surface area contributed by atoms with Crippen LogP contribution in [0.5, 0.6) is 17.2 Å². The molecular weight excluding hydrogens is 969 g/mol. The lowest BCUT2D eigenvalue weighted by Gasteiger charge is -2.59. The number of carbonyl (C=O) groups excluding carboxylic acids is 1. The summed E-state index contributed by atoms with van der Waals surface area (Å²) in [5.74, 6) is 0.00932. The summed E-state index contributed by atoms with van der Waals surface area (Å²) in [6, 6.07) is 38.0. The van der Waals surface area contributed by atoms with E-state index >= 15 is 4.79 Å². The van der Waals surface area contributed by atoms with E-state index in [0.717, 1.165) is 94.3 Å². The number of benzene rings is 5. The Bertz CT molecular complexity index is 2650. The number of aliphatic hydroxyl groups excluding tert-OH is 2. The fourth-order valence-corrected chi connectivity index (χ4v) is 12.4. The highest BCUT2D eigenvalue weighted by Crippen LogP contribution is 2.62. The van der Waals surface area contributed by atoms with Crippen molar-refractivity contribution >= 4 is 34.3 Å². The topological polar surface area (TPSA) is 119 Å². The van der Waals surface area contributed by atoms with Crippen LogP contribution >= 0.6 is 11.8 Å². The molecule has 11 heteroatoms. The molecule has 8 rings (SSSR count). The molecule has 0 saturated heterocycles. The van der Waals surface area contributed by atoms with Crippen LogP contribution in [0.25, 0.3) is 10.8 Å². The summed E-state index contributed by atoms with van der Waals surface area (Å²) < 4.78 is 28.0. The molecule has 1 heterocycles. The zero-order valence-electron chi connectivity index (χ0n) is 45.1. The molecule has 10 nitrogen and oxygen atoms in total. The second kappa shape index (κ2) is 29.2. The van der Waals surface area contributed by atoms with Crippen molar-refractivity contribution in [2.75, 3.05) is 32.7 Å². The first-order chi connectivity index (χ1) is 37.4. The third kappa shape index (κ3) is 14.3. The van der Waals surface area contributed by atoms with Gasteiger partial charge in [0.25, 0.3) is 0 Å². The van der Waals surface area contributed by atoms with Crippen molar-refractivity contribution in [1.82, 2.24) is 4.90 Å². The van der Waals surface area contributed by atoms with E-state index in [9.17, 15) is 10.2 Å². The van der Waals surface area contributed by atoms with E-state index in [1.807, 2.05) is 71.6 Å². The number of fused-ring (bicyclic) bond motifs is 3. The summed E-state index contributed by atoms with van der Waals surface area (Å²) in [6.07, 6.45) is 22.4. The Kier molecular flexibility index (Phi) is 21.8. The molecule has 6 atom stereocenters. The summed E-state index contributed by atoms with van der Waals surface area (Å²) in [7, 11) is 0. The van der Waals surface area contributed by atoms with Crippen LogP contribution in [-0.2, 0) is 27.5 Å². The Morgan fingerprint density at radius 3 is 2.24 bits per heavy atom. The number of unbranched alkanes of at least 4 members (excludes halogenated alkanes) is 11. The average molecular weight is 1050 g/mol. The van der Waals surface area contributed by atoms with Crippen molar-refractivity contribution in [2.45, 2.75) is 152 Å². The molecule has 1 amide bonds. The molecule has 1 aliphatic heterocycles. The Labute approximate surface area is 456 Å². The smallest absolute Gasteiger partial charge is 0.410 e. The van der Waals surface area contributed by atoms with Crippen molar-refractivity contribution in [1.29, 1.82) is 0 Å². The molecule has 1 saturated carbocycles. The van der Waals surface area contributed by atoms with Gasteiger partial charge in [-0.15, -0.1) is 18.3 Å². The first-order valence-corrected chi connectivity index (χ1v) is 29.6. The van der Waals surface area contributed by atoms with Crippen molar-refractivity contribution < 1.29 is 38.8 Å². The minimum atomic E-state index is -1.46. The summed E-state index contributed by atoms with van der Waals surface area (Å²) >= 11 is 1.69. The van der Waals surface area contributed by atoms with Crippen molar-refractivity contribution in [2.24, 2.45) is 22.9 Å². The van der Waals surface area contributed by atoms with Crippen LogP contribution in [0.4, 0.5) is 4.79 Å². The molecule has 1 fully saturated rings. The van der Waals surface area contributed by atoms with Gasteiger partial charge in [-0.1, -0.05) is 168 Å². The van der Waals surface area contributed by atoms with E-state index in [1.54, 1.807) is 17.8 Å². The van der Waals surface area contributed by atoms with E-state index in [0.29, 0.717) is 30.9 Å². The van der Waals surface area contributed by atoms with Crippen LogP contribution in [0.1, 0.15) is 139 Å². The molecule has 0 bridgehead atoms. The summed E-state index contributed by atoms with van der Waals surface area (Å²) in [5, 5.41) is 27.5. The van der Waals surface area contributed by atoms with Crippen LogP contribution in [0.3, 0.4) is 0 Å². The number of allylic oxidation sites excluding steroid dienone is 1. The van der Waals surface area contributed by atoms with E-state index < -0.39 is 23.8 Å². The lowest BCUT2D eigenvalue weighted by molar-refractivity contribution is -0.256. The average Bonchev–Trinajstić information content (AvgIpc) is 3.47. The van der Waals surface area contributed by atoms with E-state index in [-0.39, 0.29) is 57.1 Å². The predicted molar refractivity (Wildman–Crippen MR) is 307 cm³/mol.